The maximum absolute atomic E-state index is 12.1. The minimum Gasteiger partial charge on any atom is -0.457 e. The minimum atomic E-state index is -1.59. The summed E-state index contributed by atoms with van der Waals surface area (Å²) in [6.45, 7) is 7.35. The second kappa shape index (κ2) is 3.33. The molecule has 3 nitrogen and oxygen atoms in total. The molecule has 17 heavy (non-hydrogen) atoms. The lowest BCUT2D eigenvalue weighted by atomic mass is 9.65. The number of hydrogen-bond donors (Lipinski definition) is 1. The molecule has 1 fully saturated rings. The molecule has 1 aromatic rings. The zero-order valence-electron chi connectivity index (χ0n) is 10.7. The summed E-state index contributed by atoms with van der Waals surface area (Å²) >= 11 is 0. The fraction of sp³-hybridized carbons (Fsp3) is 0.500. The Hall–Kier alpha value is -1.35. The predicted molar refractivity (Wildman–Crippen MR) is 64.3 cm³/mol. The second-order valence-corrected chi connectivity index (χ2v) is 5.60. The summed E-state index contributed by atoms with van der Waals surface area (Å²) in [5, 5.41) is 10.8. The molecular formula is C14H18O3. The van der Waals surface area contributed by atoms with Gasteiger partial charge in [-0.2, -0.15) is 0 Å². The van der Waals surface area contributed by atoms with Crippen LogP contribution in [0.25, 0.3) is 0 Å². The van der Waals surface area contributed by atoms with Crippen molar-refractivity contribution in [1.82, 2.24) is 0 Å². The molecule has 0 aromatic heterocycles. The fourth-order valence-electron chi connectivity index (χ4n) is 2.28. The normalized spacial score (nSPS) is 30.1. The molecule has 0 saturated carbocycles. The first kappa shape index (κ1) is 12.1. The van der Waals surface area contributed by atoms with Crippen molar-refractivity contribution in [2.45, 2.75) is 38.9 Å². The minimum absolute atomic E-state index is 0.571. The standard InChI is InChI=1S/C14H18O3/c1-12(2)13(3,4)17-11(15)14(12,16)10-8-6-5-7-9-10/h5-9,16H,1-4H3. The van der Waals surface area contributed by atoms with Gasteiger partial charge in [-0.25, -0.2) is 4.79 Å². The molecule has 0 spiro atoms. The van der Waals surface area contributed by atoms with E-state index in [2.05, 4.69) is 0 Å². The van der Waals surface area contributed by atoms with Crippen LogP contribution in [0.2, 0.25) is 0 Å². The van der Waals surface area contributed by atoms with E-state index in [1.165, 1.54) is 0 Å². The predicted octanol–water partition coefficient (Wildman–Crippen LogP) is 2.24. The summed E-state index contributed by atoms with van der Waals surface area (Å²) in [7, 11) is 0. The molecule has 1 aliphatic rings. The third kappa shape index (κ3) is 1.35. The van der Waals surface area contributed by atoms with Gasteiger partial charge >= 0.3 is 5.97 Å². The van der Waals surface area contributed by atoms with Gasteiger partial charge in [-0.05, 0) is 19.4 Å². The van der Waals surface area contributed by atoms with E-state index in [4.69, 9.17) is 4.74 Å². The molecule has 1 aliphatic heterocycles. The molecule has 92 valence electrons. The summed E-state index contributed by atoms with van der Waals surface area (Å²) in [5.74, 6) is -0.571. The molecule has 0 bridgehead atoms. The third-order valence-corrected chi connectivity index (χ3v) is 4.24. The van der Waals surface area contributed by atoms with Gasteiger partial charge < -0.3 is 9.84 Å². The van der Waals surface area contributed by atoms with E-state index in [-0.39, 0.29) is 0 Å². The van der Waals surface area contributed by atoms with E-state index in [0.717, 1.165) is 0 Å². The Morgan fingerprint density at radius 1 is 1.06 bits per heavy atom. The maximum Gasteiger partial charge on any atom is 0.344 e. The summed E-state index contributed by atoms with van der Waals surface area (Å²) in [6, 6.07) is 8.98. The highest BCUT2D eigenvalue weighted by Gasteiger charge is 2.66. The van der Waals surface area contributed by atoms with Crippen LogP contribution in [-0.2, 0) is 15.1 Å². The zero-order chi connectivity index (χ0) is 12.9. The summed E-state index contributed by atoms with van der Waals surface area (Å²) < 4.78 is 5.35. The molecule has 1 saturated heterocycles. The van der Waals surface area contributed by atoms with Crippen molar-refractivity contribution in [2.75, 3.05) is 0 Å². The maximum atomic E-state index is 12.1. The topological polar surface area (TPSA) is 46.5 Å². The van der Waals surface area contributed by atoms with E-state index in [9.17, 15) is 9.90 Å². The van der Waals surface area contributed by atoms with Gasteiger partial charge in [-0.3, -0.25) is 0 Å². The highest BCUT2D eigenvalue weighted by molar-refractivity contribution is 5.85. The van der Waals surface area contributed by atoms with Crippen LogP contribution >= 0.6 is 0 Å². The van der Waals surface area contributed by atoms with Gasteiger partial charge in [0.25, 0.3) is 0 Å². The highest BCUT2D eigenvalue weighted by atomic mass is 16.6. The molecular weight excluding hydrogens is 216 g/mol. The van der Waals surface area contributed by atoms with Crippen LogP contribution in [0.5, 0.6) is 0 Å². The van der Waals surface area contributed by atoms with Crippen molar-refractivity contribution >= 4 is 5.97 Å². The van der Waals surface area contributed by atoms with Crippen molar-refractivity contribution in [3.63, 3.8) is 0 Å². The molecule has 0 radical (unpaired) electrons. The lowest BCUT2D eigenvalue weighted by Gasteiger charge is -2.39. The van der Waals surface area contributed by atoms with Gasteiger partial charge in [-0.1, -0.05) is 44.2 Å². The SMILES string of the molecule is CC1(C)OC(=O)C(O)(c2ccccc2)C1(C)C. The molecule has 2 rings (SSSR count). The number of esters is 1. The Morgan fingerprint density at radius 2 is 1.59 bits per heavy atom. The Labute approximate surface area is 101 Å². The molecule has 1 unspecified atom stereocenters. The van der Waals surface area contributed by atoms with Crippen LogP contribution in [0, 0.1) is 5.41 Å². The first-order chi connectivity index (χ1) is 7.73. The molecule has 1 heterocycles. The van der Waals surface area contributed by atoms with Crippen molar-refractivity contribution < 1.29 is 14.6 Å². The average molecular weight is 234 g/mol. The number of cyclic esters (lactones) is 1. The first-order valence-electron chi connectivity index (χ1n) is 5.75. The van der Waals surface area contributed by atoms with Gasteiger partial charge in [0.05, 0.1) is 0 Å². The van der Waals surface area contributed by atoms with Crippen LogP contribution in [0.15, 0.2) is 30.3 Å². The number of benzene rings is 1. The van der Waals surface area contributed by atoms with Crippen LogP contribution < -0.4 is 0 Å². The van der Waals surface area contributed by atoms with Gasteiger partial charge in [0.1, 0.15) is 5.60 Å². The van der Waals surface area contributed by atoms with Gasteiger partial charge in [0, 0.05) is 5.41 Å². The number of carbonyl (C=O) groups excluding carboxylic acids is 1. The van der Waals surface area contributed by atoms with Crippen molar-refractivity contribution in [2.24, 2.45) is 5.41 Å². The van der Waals surface area contributed by atoms with Gasteiger partial charge in [0.2, 0.25) is 0 Å². The van der Waals surface area contributed by atoms with E-state index >= 15 is 0 Å². The Bertz CT molecular complexity index is 448. The lowest BCUT2D eigenvalue weighted by molar-refractivity contribution is -0.159. The van der Waals surface area contributed by atoms with Crippen LogP contribution in [-0.4, -0.2) is 16.7 Å². The lowest BCUT2D eigenvalue weighted by Crippen LogP contribution is -2.49. The van der Waals surface area contributed by atoms with Crippen molar-refractivity contribution in [1.29, 1.82) is 0 Å². The molecule has 0 aliphatic carbocycles. The van der Waals surface area contributed by atoms with Gasteiger partial charge in [-0.15, -0.1) is 0 Å². The smallest absolute Gasteiger partial charge is 0.344 e. The van der Waals surface area contributed by atoms with E-state index < -0.39 is 22.6 Å². The average Bonchev–Trinajstić information content (AvgIpc) is 2.38. The molecule has 3 heteroatoms. The summed E-state index contributed by atoms with van der Waals surface area (Å²) in [6.07, 6.45) is 0. The van der Waals surface area contributed by atoms with Crippen LogP contribution in [0.4, 0.5) is 0 Å². The Balaban J connectivity index is 2.62. The third-order valence-electron chi connectivity index (χ3n) is 4.24. The van der Waals surface area contributed by atoms with Crippen molar-refractivity contribution in [3.05, 3.63) is 35.9 Å². The largest absolute Gasteiger partial charge is 0.457 e. The molecule has 1 N–H and O–H groups in total. The monoisotopic (exact) mass is 234 g/mol. The Morgan fingerprint density at radius 3 is 2.00 bits per heavy atom. The number of aliphatic hydroxyl groups is 1. The molecule has 0 amide bonds. The quantitative estimate of drug-likeness (QED) is 0.758. The van der Waals surface area contributed by atoms with E-state index in [1.807, 2.05) is 45.9 Å². The summed E-state index contributed by atoms with van der Waals surface area (Å²) in [5.41, 5.74) is -2.40. The fourth-order valence-corrected chi connectivity index (χ4v) is 2.28. The molecule has 1 atom stereocenters. The zero-order valence-corrected chi connectivity index (χ0v) is 10.7. The number of ether oxygens (including phenoxy) is 1. The van der Waals surface area contributed by atoms with E-state index in [1.54, 1.807) is 12.1 Å². The molecule has 1 aromatic carbocycles. The van der Waals surface area contributed by atoms with Crippen LogP contribution in [0.3, 0.4) is 0 Å². The summed E-state index contributed by atoms with van der Waals surface area (Å²) in [4.78, 5) is 12.1. The van der Waals surface area contributed by atoms with Gasteiger partial charge in [0.15, 0.2) is 5.60 Å². The first-order valence-corrected chi connectivity index (χ1v) is 5.75. The number of rotatable bonds is 1. The highest BCUT2D eigenvalue weighted by Crippen LogP contribution is 2.54. The number of hydrogen-bond acceptors (Lipinski definition) is 3. The second-order valence-electron chi connectivity index (χ2n) is 5.60. The Kier molecular flexibility index (Phi) is 2.37. The van der Waals surface area contributed by atoms with E-state index in [0.29, 0.717) is 5.56 Å². The van der Waals surface area contributed by atoms with Crippen LogP contribution in [0.1, 0.15) is 33.3 Å². The number of carbonyl (C=O) groups is 1. The van der Waals surface area contributed by atoms with Crippen molar-refractivity contribution in [3.8, 4) is 0 Å².